The molecule has 0 fully saturated rings. The lowest BCUT2D eigenvalue weighted by Crippen LogP contribution is -2.22. The van der Waals surface area contributed by atoms with E-state index in [1.165, 1.54) is 42.3 Å². The number of carbonyl (C=O) groups is 1. The Hall–Kier alpha value is -4.35. The second kappa shape index (κ2) is 7.36. The quantitative estimate of drug-likeness (QED) is 0.450. The molecule has 1 amide bonds. The van der Waals surface area contributed by atoms with Crippen LogP contribution in [-0.2, 0) is 13.0 Å². The van der Waals surface area contributed by atoms with Crippen molar-refractivity contribution < 1.29 is 18.0 Å². The molecule has 0 radical (unpaired) electrons. The van der Waals surface area contributed by atoms with E-state index in [4.69, 9.17) is 0 Å². The first-order chi connectivity index (χ1) is 15.8. The number of hydrogen-bond donors (Lipinski definition) is 1. The van der Waals surface area contributed by atoms with E-state index in [1.54, 1.807) is 19.2 Å². The predicted octanol–water partition coefficient (Wildman–Crippen LogP) is 2.71. The van der Waals surface area contributed by atoms with E-state index in [0.29, 0.717) is 11.3 Å². The fraction of sp³-hybridized carbons (Fsp3) is 0.143. The number of carbonyl (C=O) groups excluding carboxylic acids is 1. The highest BCUT2D eigenvalue weighted by Crippen LogP contribution is 2.38. The van der Waals surface area contributed by atoms with Gasteiger partial charge in [0.05, 0.1) is 22.2 Å². The van der Waals surface area contributed by atoms with Gasteiger partial charge in [0, 0.05) is 32.1 Å². The minimum Gasteiger partial charge on any atom is -0.354 e. The molecule has 5 rings (SSSR count). The third-order valence-corrected chi connectivity index (χ3v) is 5.14. The summed E-state index contributed by atoms with van der Waals surface area (Å²) >= 11 is 0. The smallest absolute Gasteiger partial charge is 0.336 e. The number of aryl methyl sites for hydroxylation is 1. The molecule has 0 aliphatic rings. The number of nitrogens with one attached hydrogen (secondary N) is 1. The summed E-state index contributed by atoms with van der Waals surface area (Å²) in [5.41, 5.74) is 0.426. The van der Waals surface area contributed by atoms with Gasteiger partial charge in [-0.05, 0) is 36.4 Å². The summed E-state index contributed by atoms with van der Waals surface area (Å²) < 4.78 is 48.2. The van der Waals surface area contributed by atoms with Crippen molar-refractivity contribution in [3.63, 3.8) is 0 Å². The summed E-state index contributed by atoms with van der Waals surface area (Å²) in [6.07, 6.45) is 2.73. The molecule has 4 aromatic heterocycles. The minimum absolute atomic E-state index is 0.0283. The number of hydrogen-bond acceptors (Lipinski definition) is 6. The van der Waals surface area contributed by atoms with E-state index >= 15 is 8.78 Å². The van der Waals surface area contributed by atoms with Crippen LogP contribution in [0.5, 0.6) is 0 Å². The van der Waals surface area contributed by atoms with Gasteiger partial charge in [-0.1, -0.05) is 0 Å². The SMILES string of the molecule is CNC(=O)c1ccc(-c2ccc3nnc(C(F)(F)c4ccc5nn(C)cc5c4F)n3n2)cn1. The number of halogens is 3. The summed E-state index contributed by atoms with van der Waals surface area (Å²) in [6, 6.07) is 8.40. The van der Waals surface area contributed by atoms with Crippen molar-refractivity contribution in [2.24, 2.45) is 7.05 Å². The zero-order chi connectivity index (χ0) is 23.3. The van der Waals surface area contributed by atoms with Gasteiger partial charge in [0.25, 0.3) is 5.91 Å². The molecule has 0 saturated heterocycles. The molecule has 4 heterocycles. The van der Waals surface area contributed by atoms with Crippen molar-refractivity contribution in [1.82, 2.24) is 39.9 Å². The molecule has 0 spiro atoms. The Morgan fingerprint density at radius 1 is 1.06 bits per heavy atom. The lowest BCUT2D eigenvalue weighted by Gasteiger charge is -2.15. The van der Waals surface area contributed by atoms with Gasteiger partial charge in [-0.3, -0.25) is 14.5 Å². The van der Waals surface area contributed by atoms with E-state index in [-0.39, 0.29) is 28.2 Å². The summed E-state index contributed by atoms with van der Waals surface area (Å²) in [6.45, 7) is 0. The predicted molar refractivity (Wildman–Crippen MR) is 111 cm³/mol. The number of pyridine rings is 1. The van der Waals surface area contributed by atoms with Crippen LogP contribution in [0.3, 0.4) is 0 Å². The first-order valence-electron chi connectivity index (χ1n) is 9.71. The van der Waals surface area contributed by atoms with Crippen LogP contribution in [0.4, 0.5) is 13.2 Å². The second-order valence-corrected chi connectivity index (χ2v) is 7.26. The molecule has 1 aromatic carbocycles. The van der Waals surface area contributed by atoms with E-state index in [2.05, 4.69) is 30.7 Å². The summed E-state index contributed by atoms with van der Waals surface area (Å²) in [7, 11) is 3.06. The van der Waals surface area contributed by atoms with Crippen LogP contribution in [0.25, 0.3) is 27.8 Å². The van der Waals surface area contributed by atoms with Gasteiger partial charge < -0.3 is 5.32 Å². The number of fused-ring (bicyclic) bond motifs is 2. The molecule has 0 atom stereocenters. The third-order valence-electron chi connectivity index (χ3n) is 5.14. The zero-order valence-electron chi connectivity index (χ0n) is 17.3. The Kier molecular flexibility index (Phi) is 4.58. The van der Waals surface area contributed by atoms with Crippen LogP contribution in [0.2, 0.25) is 0 Å². The maximum Gasteiger partial charge on any atom is 0.336 e. The summed E-state index contributed by atoms with van der Waals surface area (Å²) in [5.74, 6) is -6.12. The first kappa shape index (κ1) is 20.5. The highest BCUT2D eigenvalue weighted by atomic mass is 19.3. The van der Waals surface area contributed by atoms with E-state index in [1.807, 2.05) is 0 Å². The zero-order valence-corrected chi connectivity index (χ0v) is 17.3. The number of amides is 1. The van der Waals surface area contributed by atoms with E-state index in [0.717, 1.165) is 10.6 Å². The molecule has 166 valence electrons. The lowest BCUT2D eigenvalue weighted by atomic mass is 10.0. The van der Waals surface area contributed by atoms with Gasteiger partial charge >= 0.3 is 5.92 Å². The molecule has 0 unspecified atom stereocenters. The molecule has 0 aliphatic heterocycles. The molecule has 0 bridgehead atoms. The fourth-order valence-corrected chi connectivity index (χ4v) is 3.49. The van der Waals surface area contributed by atoms with Gasteiger partial charge in [0.1, 0.15) is 11.5 Å². The topological polar surface area (TPSA) is 103 Å². The molecule has 9 nitrogen and oxygen atoms in total. The number of alkyl halides is 2. The van der Waals surface area contributed by atoms with Crippen LogP contribution in [0.1, 0.15) is 21.9 Å². The molecule has 12 heteroatoms. The molecule has 0 saturated carbocycles. The number of benzene rings is 1. The monoisotopic (exact) mass is 452 g/mol. The average molecular weight is 452 g/mol. The molecular weight excluding hydrogens is 437 g/mol. The van der Waals surface area contributed by atoms with Crippen molar-refractivity contribution in [3.05, 3.63) is 71.7 Å². The van der Waals surface area contributed by atoms with Crippen LogP contribution in [0.15, 0.2) is 48.8 Å². The number of rotatable bonds is 4. The fourth-order valence-electron chi connectivity index (χ4n) is 3.49. The summed E-state index contributed by atoms with van der Waals surface area (Å²) in [5, 5.41) is 18.0. The molecule has 1 N–H and O–H groups in total. The molecule has 5 aromatic rings. The average Bonchev–Trinajstić information content (AvgIpc) is 3.42. The Labute approximate surface area is 183 Å². The second-order valence-electron chi connectivity index (χ2n) is 7.26. The first-order valence-corrected chi connectivity index (χ1v) is 9.71. The molecular formula is C21H15F3N8O. The normalized spacial score (nSPS) is 11.9. The van der Waals surface area contributed by atoms with Gasteiger partial charge in [0.2, 0.25) is 5.82 Å². The largest absolute Gasteiger partial charge is 0.354 e. The van der Waals surface area contributed by atoms with Gasteiger partial charge in [-0.15, -0.1) is 10.2 Å². The van der Waals surface area contributed by atoms with Gasteiger partial charge in [0.15, 0.2) is 5.65 Å². The maximum absolute atomic E-state index is 15.5. The van der Waals surface area contributed by atoms with Crippen molar-refractivity contribution in [2.45, 2.75) is 5.92 Å². The Bertz CT molecular complexity index is 1520. The van der Waals surface area contributed by atoms with Crippen molar-refractivity contribution in [1.29, 1.82) is 0 Å². The van der Waals surface area contributed by atoms with E-state index in [9.17, 15) is 9.18 Å². The van der Waals surface area contributed by atoms with Crippen LogP contribution < -0.4 is 5.32 Å². The maximum atomic E-state index is 15.5. The van der Waals surface area contributed by atoms with Crippen LogP contribution >= 0.6 is 0 Å². The van der Waals surface area contributed by atoms with Crippen LogP contribution in [-0.4, -0.2) is 47.5 Å². The Balaban J connectivity index is 1.60. The molecule has 33 heavy (non-hydrogen) atoms. The third kappa shape index (κ3) is 3.26. The highest BCUT2D eigenvalue weighted by Gasteiger charge is 2.43. The minimum atomic E-state index is -3.83. The van der Waals surface area contributed by atoms with Crippen molar-refractivity contribution in [3.8, 4) is 11.3 Å². The van der Waals surface area contributed by atoms with Crippen LogP contribution in [0, 0.1) is 5.82 Å². The lowest BCUT2D eigenvalue weighted by molar-refractivity contribution is 0.0271. The highest BCUT2D eigenvalue weighted by molar-refractivity contribution is 5.92. The van der Waals surface area contributed by atoms with Crippen molar-refractivity contribution in [2.75, 3.05) is 7.05 Å². The Morgan fingerprint density at radius 3 is 2.61 bits per heavy atom. The van der Waals surface area contributed by atoms with Crippen molar-refractivity contribution >= 4 is 22.5 Å². The molecule has 0 aliphatic carbocycles. The number of aromatic nitrogens is 7. The number of nitrogens with zero attached hydrogens (tertiary/aromatic N) is 7. The van der Waals surface area contributed by atoms with E-state index < -0.39 is 23.1 Å². The van der Waals surface area contributed by atoms with Gasteiger partial charge in [-0.25, -0.2) is 4.39 Å². The van der Waals surface area contributed by atoms with Gasteiger partial charge in [-0.2, -0.15) is 23.5 Å². The Morgan fingerprint density at radius 2 is 1.88 bits per heavy atom. The standard InChI is InChI=1S/C21H15F3N8O/c1-25-19(33)16-5-3-11(9-26-16)14-7-8-17-27-28-20(32(17)30-14)21(23,24)13-4-6-15-12(18(13)22)10-31(2)29-15/h3-10H,1-2H3,(H,25,33). The summed E-state index contributed by atoms with van der Waals surface area (Å²) in [4.78, 5) is 15.7.